The number of alkyl halides is 3. The van der Waals surface area contributed by atoms with Crippen LogP contribution in [0.25, 0.3) is 0 Å². The van der Waals surface area contributed by atoms with Crippen molar-refractivity contribution < 1.29 is 22.9 Å². The van der Waals surface area contributed by atoms with Crippen molar-refractivity contribution in [3.63, 3.8) is 0 Å². The molecule has 23 heavy (non-hydrogen) atoms. The van der Waals surface area contributed by atoms with Gasteiger partial charge in [0.1, 0.15) is 11.4 Å². The average Bonchev–Trinajstić information content (AvgIpc) is 2.46. The van der Waals surface area contributed by atoms with Crippen molar-refractivity contribution in [2.75, 3.05) is 11.1 Å². The van der Waals surface area contributed by atoms with Crippen LogP contribution in [0.2, 0.25) is 0 Å². The summed E-state index contributed by atoms with van der Waals surface area (Å²) in [4.78, 5) is 25.2. The number of anilines is 2. The average molecular weight is 326 g/mol. The van der Waals surface area contributed by atoms with Gasteiger partial charge in [0.2, 0.25) is 0 Å². The first kappa shape index (κ1) is 16.2. The predicted molar refractivity (Wildman–Crippen MR) is 74.7 cm³/mol. The van der Waals surface area contributed by atoms with Crippen molar-refractivity contribution in [3.05, 3.63) is 57.9 Å². The predicted octanol–water partition coefficient (Wildman–Crippen LogP) is 2.84. The van der Waals surface area contributed by atoms with E-state index in [2.05, 4.69) is 10.3 Å². The number of aromatic nitrogens is 1. The SMILES string of the molecule is Nc1c(C(=O)Nc2ccc(C(F)(F)F)nc2)cccc1[N+](=O)[O-]. The fraction of sp³-hybridized carbons (Fsp3) is 0.0769. The zero-order valence-electron chi connectivity index (χ0n) is 11.3. The Morgan fingerprint density at radius 2 is 1.96 bits per heavy atom. The Morgan fingerprint density at radius 3 is 2.48 bits per heavy atom. The van der Waals surface area contributed by atoms with Gasteiger partial charge >= 0.3 is 6.18 Å². The molecule has 0 radical (unpaired) electrons. The van der Waals surface area contributed by atoms with E-state index in [-0.39, 0.29) is 16.9 Å². The van der Waals surface area contributed by atoms with Crippen LogP contribution in [0.3, 0.4) is 0 Å². The molecule has 1 aromatic heterocycles. The van der Waals surface area contributed by atoms with Gasteiger partial charge < -0.3 is 11.1 Å². The number of nitrogens with one attached hydrogen (secondary N) is 1. The smallest absolute Gasteiger partial charge is 0.393 e. The topological polar surface area (TPSA) is 111 Å². The Labute approximate surface area is 127 Å². The van der Waals surface area contributed by atoms with Gasteiger partial charge in [0.25, 0.3) is 11.6 Å². The van der Waals surface area contributed by atoms with E-state index in [4.69, 9.17) is 5.73 Å². The van der Waals surface area contributed by atoms with E-state index in [0.29, 0.717) is 6.07 Å². The molecule has 0 aliphatic heterocycles. The summed E-state index contributed by atoms with van der Waals surface area (Å²) in [5.41, 5.74) is 3.49. The molecule has 0 saturated heterocycles. The first-order valence-corrected chi connectivity index (χ1v) is 6.07. The van der Waals surface area contributed by atoms with Crippen molar-refractivity contribution in [2.24, 2.45) is 0 Å². The number of nitrogens with two attached hydrogens (primary N) is 1. The summed E-state index contributed by atoms with van der Waals surface area (Å²) in [5.74, 6) is -0.798. The number of para-hydroxylation sites is 1. The minimum absolute atomic E-state index is 0.00564. The van der Waals surface area contributed by atoms with Crippen LogP contribution in [0.5, 0.6) is 0 Å². The van der Waals surface area contributed by atoms with Crippen molar-refractivity contribution in [3.8, 4) is 0 Å². The number of nitro groups is 1. The second kappa shape index (κ2) is 5.91. The van der Waals surface area contributed by atoms with Crippen molar-refractivity contribution >= 4 is 23.0 Å². The van der Waals surface area contributed by atoms with E-state index in [1.54, 1.807) is 0 Å². The standard InChI is InChI=1S/C13H9F3N4O3/c14-13(15,16)10-5-4-7(6-18-10)19-12(21)8-2-1-3-9(11(8)17)20(22)23/h1-6H,17H2,(H,19,21). The lowest BCUT2D eigenvalue weighted by Crippen LogP contribution is -2.15. The number of rotatable bonds is 3. The molecule has 1 aromatic carbocycles. The molecule has 0 spiro atoms. The lowest BCUT2D eigenvalue weighted by atomic mass is 10.1. The van der Waals surface area contributed by atoms with Gasteiger partial charge in [0.05, 0.1) is 22.4 Å². The fourth-order valence-corrected chi connectivity index (χ4v) is 1.74. The molecule has 0 aliphatic carbocycles. The molecule has 0 saturated carbocycles. The van der Waals surface area contributed by atoms with Crippen LogP contribution in [0.15, 0.2) is 36.5 Å². The lowest BCUT2D eigenvalue weighted by molar-refractivity contribution is -0.383. The van der Waals surface area contributed by atoms with Crippen molar-refractivity contribution in [1.29, 1.82) is 0 Å². The minimum Gasteiger partial charge on any atom is -0.393 e. The molecule has 2 rings (SSSR count). The number of halogens is 3. The zero-order chi connectivity index (χ0) is 17.2. The summed E-state index contributed by atoms with van der Waals surface area (Å²) >= 11 is 0. The Morgan fingerprint density at radius 1 is 1.26 bits per heavy atom. The van der Waals surface area contributed by atoms with E-state index < -0.39 is 28.4 Å². The molecule has 1 amide bonds. The van der Waals surface area contributed by atoms with Crippen LogP contribution in [-0.2, 0) is 6.18 Å². The van der Waals surface area contributed by atoms with Crippen molar-refractivity contribution in [2.45, 2.75) is 6.18 Å². The highest BCUT2D eigenvalue weighted by Crippen LogP contribution is 2.28. The summed E-state index contributed by atoms with van der Waals surface area (Å²) in [6.45, 7) is 0. The van der Waals surface area contributed by atoms with Crippen LogP contribution in [0.1, 0.15) is 16.1 Å². The van der Waals surface area contributed by atoms with E-state index in [9.17, 15) is 28.1 Å². The van der Waals surface area contributed by atoms with Gasteiger partial charge in [-0.05, 0) is 18.2 Å². The molecule has 0 atom stereocenters. The van der Waals surface area contributed by atoms with E-state index >= 15 is 0 Å². The van der Waals surface area contributed by atoms with Crippen LogP contribution in [-0.4, -0.2) is 15.8 Å². The first-order valence-electron chi connectivity index (χ1n) is 6.07. The number of nitrogen functional groups attached to an aromatic ring is 1. The van der Waals surface area contributed by atoms with Gasteiger partial charge in [0.15, 0.2) is 0 Å². The third kappa shape index (κ3) is 3.54. The maximum absolute atomic E-state index is 12.4. The van der Waals surface area contributed by atoms with Gasteiger partial charge in [-0.25, -0.2) is 4.98 Å². The third-order valence-electron chi connectivity index (χ3n) is 2.84. The first-order chi connectivity index (χ1) is 10.7. The largest absolute Gasteiger partial charge is 0.433 e. The molecular formula is C13H9F3N4O3. The van der Waals surface area contributed by atoms with Crippen LogP contribution >= 0.6 is 0 Å². The van der Waals surface area contributed by atoms with Gasteiger partial charge in [0, 0.05) is 6.07 Å². The summed E-state index contributed by atoms with van der Waals surface area (Å²) in [6, 6.07) is 5.38. The van der Waals surface area contributed by atoms with Crippen molar-refractivity contribution in [1.82, 2.24) is 4.98 Å². The number of hydrogen-bond acceptors (Lipinski definition) is 5. The highest BCUT2D eigenvalue weighted by molar-refractivity contribution is 6.08. The molecule has 3 N–H and O–H groups in total. The normalized spacial score (nSPS) is 11.1. The molecule has 0 aliphatic rings. The number of carbonyl (C=O) groups is 1. The van der Waals surface area contributed by atoms with Crippen LogP contribution in [0, 0.1) is 10.1 Å². The maximum atomic E-state index is 12.4. The monoisotopic (exact) mass is 326 g/mol. The summed E-state index contributed by atoms with van der Waals surface area (Å²) in [7, 11) is 0. The third-order valence-corrected chi connectivity index (χ3v) is 2.84. The maximum Gasteiger partial charge on any atom is 0.433 e. The summed E-state index contributed by atoms with van der Waals surface area (Å²) < 4.78 is 37.2. The molecule has 2 aromatic rings. The van der Waals surface area contributed by atoms with Gasteiger partial charge in [-0.1, -0.05) is 6.07 Å². The summed E-state index contributed by atoms with van der Waals surface area (Å²) in [6.07, 6.45) is -3.76. The number of pyridine rings is 1. The second-order valence-corrected chi connectivity index (χ2v) is 4.38. The molecule has 7 nitrogen and oxygen atoms in total. The molecule has 10 heteroatoms. The number of nitrogens with zero attached hydrogens (tertiary/aromatic N) is 2. The number of hydrogen-bond donors (Lipinski definition) is 2. The van der Waals surface area contributed by atoms with Gasteiger partial charge in [-0.15, -0.1) is 0 Å². The molecular weight excluding hydrogens is 317 g/mol. The fourth-order valence-electron chi connectivity index (χ4n) is 1.74. The van der Waals surface area contributed by atoms with Crippen LogP contribution < -0.4 is 11.1 Å². The lowest BCUT2D eigenvalue weighted by Gasteiger charge is -2.09. The Kier molecular flexibility index (Phi) is 4.16. The zero-order valence-corrected chi connectivity index (χ0v) is 11.3. The number of amides is 1. The molecule has 120 valence electrons. The Hall–Kier alpha value is -3.17. The molecule has 0 fully saturated rings. The quantitative estimate of drug-likeness (QED) is 0.512. The number of nitro benzene ring substituents is 1. The second-order valence-electron chi connectivity index (χ2n) is 4.38. The molecule has 1 heterocycles. The molecule has 0 bridgehead atoms. The minimum atomic E-state index is -4.59. The van der Waals surface area contributed by atoms with Crippen LogP contribution in [0.4, 0.5) is 30.2 Å². The Balaban J connectivity index is 2.23. The number of carbonyl (C=O) groups excluding carboxylic acids is 1. The Bertz CT molecular complexity index is 760. The highest BCUT2D eigenvalue weighted by atomic mass is 19.4. The van der Waals surface area contributed by atoms with E-state index in [1.807, 2.05) is 0 Å². The van der Waals surface area contributed by atoms with Gasteiger partial charge in [-0.2, -0.15) is 13.2 Å². The summed E-state index contributed by atoms with van der Waals surface area (Å²) in [5, 5.41) is 13.0. The number of benzene rings is 1. The highest BCUT2D eigenvalue weighted by Gasteiger charge is 2.32. The molecule has 0 unspecified atom stereocenters. The van der Waals surface area contributed by atoms with E-state index in [1.165, 1.54) is 12.1 Å². The van der Waals surface area contributed by atoms with Gasteiger partial charge in [-0.3, -0.25) is 14.9 Å². The van der Waals surface area contributed by atoms with E-state index in [0.717, 1.165) is 18.3 Å².